The fourth-order valence-corrected chi connectivity index (χ4v) is 7.48. The summed E-state index contributed by atoms with van der Waals surface area (Å²) in [5.41, 5.74) is 1.39. The average Bonchev–Trinajstić information content (AvgIpc) is 3.58. The molecule has 14 heteroatoms. The second-order valence-corrected chi connectivity index (χ2v) is 15.6. The fraction of sp³-hybridized carbons (Fsp3) is 0.611. The Hall–Kier alpha value is -3.75. The molecule has 2 fully saturated rings. The van der Waals surface area contributed by atoms with Crippen molar-refractivity contribution in [3.63, 3.8) is 0 Å². The van der Waals surface area contributed by atoms with Gasteiger partial charge in [0.15, 0.2) is 5.65 Å². The molecule has 2 aromatic heterocycles. The third-order valence-electron chi connectivity index (χ3n) is 9.91. The second kappa shape index (κ2) is 13.8. The van der Waals surface area contributed by atoms with Crippen molar-refractivity contribution >= 4 is 23.3 Å². The van der Waals surface area contributed by atoms with Crippen molar-refractivity contribution < 1.29 is 32.2 Å². The zero-order valence-corrected chi connectivity index (χ0v) is 30.0. The summed E-state index contributed by atoms with van der Waals surface area (Å²) >= 11 is 0. The molecule has 0 N–H and O–H groups in total. The van der Waals surface area contributed by atoms with Crippen LogP contribution in [0, 0.1) is 5.82 Å². The van der Waals surface area contributed by atoms with Crippen molar-refractivity contribution in [3.8, 4) is 0 Å². The zero-order valence-electron chi connectivity index (χ0n) is 30.0. The summed E-state index contributed by atoms with van der Waals surface area (Å²) in [6.45, 7) is 17.2. The molecule has 0 spiro atoms. The number of nitrogens with zero attached hydrogens (tertiary/aromatic N) is 7. The molecule has 3 aliphatic heterocycles. The molecule has 3 aliphatic rings. The van der Waals surface area contributed by atoms with E-state index < -0.39 is 23.3 Å². The van der Waals surface area contributed by atoms with Gasteiger partial charge in [-0.2, -0.15) is 0 Å². The highest BCUT2D eigenvalue weighted by molar-refractivity contribution is 5.98. The molecule has 0 saturated carbocycles. The molecule has 5 heterocycles. The van der Waals surface area contributed by atoms with Crippen LogP contribution in [0.3, 0.4) is 0 Å². The van der Waals surface area contributed by atoms with Gasteiger partial charge in [-0.25, -0.2) is 18.0 Å². The minimum absolute atomic E-state index is 0.0701. The van der Waals surface area contributed by atoms with Crippen LogP contribution < -0.4 is 4.90 Å². The lowest BCUT2D eigenvalue weighted by Crippen LogP contribution is -2.64. The summed E-state index contributed by atoms with van der Waals surface area (Å²) in [7, 11) is 0. The number of halogens is 3. The lowest BCUT2D eigenvalue weighted by Gasteiger charge is -2.47. The van der Waals surface area contributed by atoms with Crippen molar-refractivity contribution in [3.05, 3.63) is 58.8 Å². The first kappa shape index (κ1) is 36.1. The zero-order chi connectivity index (χ0) is 36.1. The number of hydrogen-bond acceptors (Lipinski definition) is 8. The highest BCUT2D eigenvalue weighted by atomic mass is 19.3. The molecular weight excluding hydrogens is 651 g/mol. The number of morpholine rings is 1. The molecule has 272 valence electrons. The van der Waals surface area contributed by atoms with Crippen molar-refractivity contribution in [1.82, 2.24) is 29.3 Å². The lowest BCUT2D eigenvalue weighted by atomic mass is 9.90. The van der Waals surface area contributed by atoms with Gasteiger partial charge in [0.05, 0.1) is 31.1 Å². The van der Waals surface area contributed by atoms with Crippen LogP contribution in [-0.2, 0) is 26.1 Å². The van der Waals surface area contributed by atoms with Gasteiger partial charge in [0, 0.05) is 68.2 Å². The Labute approximate surface area is 291 Å². The van der Waals surface area contributed by atoms with E-state index in [1.807, 2.05) is 47.6 Å². The molecule has 0 unspecified atom stereocenters. The third kappa shape index (κ3) is 7.33. The van der Waals surface area contributed by atoms with E-state index in [2.05, 4.69) is 26.9 Å². The first-order valence-corrected chi connectivity index (χ1v) is 17.3. The summed E-state index contributed by atoms with van der Waals surface area (Å²) in [6, 6.07) is 7.63. The largest absolute Gasteiger partial charge is 0.444 e. The number of aromatic nitrogens is 3. The Balaban J connectivity index is 1.33. The Bertz CT molecular complexity index is 1720. The minimum atomic E-state index is -2.89. The molecule has 11 nitrogen and oxygen atoms in total. The number of alkyl halides is 2. The summed E-state index contributed by atoms with van der Waals surface area (Å²) in [5, 5.41) is 8.05. The maximum atomic E-state index is 14.5. The number of ether oxygens (including phenoxy) is 2. The van der Waals surface area contributed by atoms with E-state index in [0.717, 1.165) is 12.1 Å². The Morgan fingerprint density at radius 2 is 1.78 bits per heavy atom. The molecule has 50 heavy (non-hydrogen) atoms. The maximum Gasteiger partial charge on any atom is 0.410 e. The third-order valence-corrected chi connectivity index (χ3v) is 9.91. The minimum Gasteiger partial charge on any atom is -0.444 e. The topological polar surface area (TPSA) is 95.8 Å². The fourth-order valence-electron chi connectivity index (χ4n) is 7.48. The van der Waals surface area contributed by atoms with E-state index in [1.165, 1.54) is 16.5 Å². The number of rotatable bonds is 7. The molecule has 2 amide bonds. The summed E-state index contributed by atoms with van der Waals surface area (Å²) in [5.74, 6) is -1.03. The molecule has 2 saturated heterocycles. The summed E-state index contributed by atoms with van der Waals surface area (Å²) in [4.78, 5) is 35.7. The highest BCUT2D eigenvalue weighted by Crippen LogP contribution is 2.43. The number of fused-ring (bicyclic) bond motifs is 3. The number of carbonyl (C=O) groups excluding carboxylic acids is 2. The summed E-state index contributed by atoms with van der Waals surface area (Å²) < 4.78 is 55.3. The Morgan fingerprint density at radius 1 is 1.06 bits per heavy atom. The van der Waals surface area contributed by atoms with Gasteiger partial charge in [0.1, 0.15) is 11.4 Å². The van der Waals surface area contributed by atoms with Crippen molar-refractivity contribution in [2.75, 3.05) is 57.4 Å². The van der Waals surface area contributed by atoms with Crippen LogP contribution in [0.2, 0.25) is 0 Å². The van der Waals surface area contributed by atoms with Gasteiger partial charge in [0.25, 0.3) is 6.43 Å². The van der Waals surface area contributed by atoms with Gasteiger partial charge in [-0.15, -0.1) is 10.2 Å². The highest BCUT2D eigenvalue weighted by Gasteiger charge is 2.44. The van der Waals surface area contributed by atoms with Crippen LogP contribution in [0.15, 0.2) is 30.3 Å². The molecule has 0 aliphatic carbocycles. The van der Waals surface area contributed by atoms with Gasteiger partial charge < -0.3 is 19.3 Å². The number of pyridine rings is 1. The van der Waals surface area contributed by atoms with Crippen LogP contribution in [0.4, 0.5) is 23.7 Å². The molecule has 6 rings (SSSR count). The van der Waals surface area contributed by atoms with E-state index >= 15 is 0 Å². The van der Waals surface area contributed by atoms with Crippen molar-refractivity contribution in [2.24, 2.45) is 0 Å². The SMILES string of the molecule is C[C@@H]1COCCN1C[C@H]1CN(C(=O)OC(C)(C)C)[C@H](C)CN1CC(=O)N1CC(C)(C)c2c1cc(Cc1ccc(F)cc1)c1nnc(C(F)F)n21. The van der Waals surface area contributed by atoms with E-state index in [9.17, 15) is 22.8 Å². The smallest absolute Gasteiger partial charge is 0.410 e. The molecule has 3 aromatic rings. The van der Waals surface area contributed by atoms with Crippen molar-refractivity contribution in [2.45, 2.75) is 90.5 Å². The molecular formula is C36H48F3N7O4. The van der Waals surface area contributed by atoms with Crippen LogP contribution >= 0.6 is 0 Å². The van der Waals surface area contributed by atoms with Gasteiger partial charge in [-0.1, -0.05) is 26.0 Å². The second-order valence-electron chi connectivity index (χ2n) is 15.6. The molecule has 0 bridgehead atoms. The van der Waals surface area contributed by atoms with Gasteiger partial charge in [-0.05, 0) is 58.4 Å². The standard InChI is InChI=1S/C36H48F3N7O4/c1-22-16-43(27(17-42-12-13-49-20-23(42)2)18-44(22)34(48)50-35(3,4)5)19-29(47)45-21-36(6,7)30-28(45)15-25(14-24-8-10-26(37)11-9-24)32-40-41-33(31(38)39)46(30)32/h8-11,15,22-23,27,31H,12-14,16-21H2,1-7H3/t22-,23-,27+/m1/s1. The van der Waals surface area contributed by atoms with E-state index in [0.29, 0.717) is 49.8 Å². The van der Waals surface area contributed by atoms with E-state index in [1.54, 1.807) is 21.9 Å². The normalized spacial score (nSPS) is 23.1. The lowest BCUT2D eigenvalue weighted by molar-refractivity contribution is -0.121. The number of anilines is 1. The maximum absolute atomic E-state index is 14.5. The quantitative estimate of drug-likeness (QED) is 0.338. The average molecular weight is 700 g/mol. The predicted octanol–water partition coefficient (Wildman–Crippen LogP) is 5.05. The summed E-state index contributed by atoms with van der Waals surface area (Å²) in [6.07, 6.45) is -2.99. The van der Waals surface area contributed by atoms with Crippen LogP contribution in [0.1, 0.15) is 77.5 Å². The number of carbonyl (C=O) groups is 2. The van der Waals surface area contributed by atoms with Gasteiger partial charge in [0.2, 0.25) is 11.7 Å². The number of amides is 2. The van der Waals surface area contributed by atoms with E-state index in [-0.39, 0.29) is 61.1 Å². The van der Waals surface area contributed by atoms with Crippen molar-refractivity contribution in [1.29, 1.82) is 0 Å². The van der Waals surface area contributed by atoms with Crippen LogP contribution in [-0.4, -0.2) is 118 Å². The predicted molar refractivity (Wildman–Crippen MR) is 182 cm³/mol. The number of piperazine rings is 1. The van der Waals surface area contributed by atoms with E-state index in [4.69, 9.17) is 9.47 Å². The number of hydrogen-bond donors (Lipinski definition) is 0. The monoisotopic (exact) mass is 699 g/mol. The van der Waals surface area contributed by atoms with Crippen LogP contribution in [0.5, 0.6) is 0 Å². The first-order valence-electron chi connectivity index (χ1n) is 17.3. The molecule has 1 aromatic carbocycles. The Morgan fingerprint density at radius 3 is 2.44 bits per heavy atom. The first-order chi connectivity index (χ1) is 23.5. The molecule has 0 radical (unpaired) electrons. The molecule has 3 atom stereocenters. The number of benzene rings is 1. The van der Waals surface area contributed by atoms with Gasteiger partial charge in [-0.3, -0.25) is 19.0 Å². The van der Waals surface area contributed by atoms with Crippen LogP contribution in [0.25, 0.3) is 5.65 Å². The van der Waals surface area contributed by atoms with Gasteiger partial charge >= 0.3 is 6.09 Å². The Kier molecular flexibility index (Phi) is 9.92.